The fraction of sp³-hybridized carbons (Fsp3) is 0.800. The molecule has 1 unspecified atom stereocenters. The van der Waals surface area contributed by atoms with E-state index in [0.717, 1.165) is 25.3 Å². The number of nitrogens with zero attached hydrogens (tertiary/aromatic N) is 3. The molecule has 0 bridgehead atoms. The number of aromatic nitrogens is 3. The van der Waals surface area contributed by atoms with Crippen LogP contribution in [0.4, 0.5) is 5.95 Å². The smallest absolute Gasteiger partial charge is 0.218 e. The first-order valence-corrected chi connectivity index (χ1v) is 5.44. The molecule has 0 spiro atoms. The van der Waals surface area contributed by atoms with Gasteiger partial charge in [-0.2, -0.15) is 10.1 Å². The van der Waals surface area contributed by atoms with Crippen LogP contribution in [-0.2, 0) is 12.5 Å². The molecule has 1 atom stereocenters. The second-order valence-corrected chi connectivity index (χ2v) is 4.65. The van der Waals surface area contributed by atoms with Crippen molar-refractivity contribution in [3.8, 4) is 0 Å². The first-order valence-electron chi connectivity index (χ1n) is 5.44. The van der Waals surface area contributed by atoms with Gasteiger partial charge in [0.1, 0.15) is 0 Å². The van der Waals surface area contributed by atoms with Gasteiger partial charge in [0, 0.05) is 19.0 Å². The van der Waals surface area contributed by atoms with E-state index in [1.807, 2.05) is 7.05 Å². The molecule has 1 aliphatic heterocycles. The molecule has 1 aromatic heterocycles. The van der Waals surface area contributed by atoms with Gasteiger partial charge in [0.25, 0.3) is 0 Å². The standard InChI is InChI=1S/C10H19N5/c1-7(2)10(4-5-12-6-10)8-13-9(11)15(3)14-8/h7,12H,4-6H2,1-3H3,(H2,11,13,14). The SMILES string of the molecule is CC(C)C1(c2nc(N)n(C)n2)CCNC1. The highest BCUT2D eigenvalue weighted by atomic mass is 15.4. The molecule has 5 nitrogen and oxygen atoms in total. The molecule has 0 saturated carbocycles. The van der Waals surface area contributed by atoms with Crippen molar-refractivity contribution in [1.29, 1.82) is 0 Å². The molecule has 0 aromatic carbocycles. The Morgan fingerprint density at radius 2 is 2.27 bits per heavy atom. The first kappa shape index (κ1) is 10.4. The Balaban J connectivity index is 2.41. The maximum Gasteiger partial charge on any atom is 0.218 e. The van der Waals surface area contributed by atoms with E-state index in [2.05, 4.69) is 29.2 Å². The van der Waals surface area contributed by atoms with E-state index >= 15 is 0 Å². The molecule has 0 amide bonds. The largest absolute Gasteiger partial charge is 0.368 e. The van der Waals surface area contributed by atoms with Crippen LogP contribution in [-0.4, -0.2) is 27.9 Å². The van der Waals surface area contributed by atoms with Crippen LogP contribution < -0.4 is 11.1 Å². The third-order valence-corrected chi connectivity index (χ3v) is 3.54. The Morgan fingerprint density at radius 1 is 1.53 bits per heavy atom. The van der Waals surface area contributed by atoms with Gasteiger partial charge in [0.2, 0.25) is 5.95 Å². The summed E-state index contributed by atoms with van der Waals surface area (Å²) < 4.78 is 1.65. The Morgan fingerprint density at radius 3 is 2.67 bits per heavy atom. The lowest BCUT2D eigenvalue weighted by atomic mass is 9.76. The molecule has 2 rings (SSSR count). The summed E-state index contributed by atoms with van der Waals surface area (Å²) in [6.45, 7) is 6.43. The lowest BCUT2D eigenvalue weighted by Gasteiger charge is -2.29. The second kappa shape index (κ2) is 3.48. The lowest BCUT2D eigenvalue weighted by Crippen LogP contribution is -2.36. The van der Waals surface area contributed by atoms with E-state index in [0.29, 0.717) is 11.9 Å². The first-order chi connectivity index (χ1) is 7.06. The number of nitrogens with one attached hydrogen (secondary N) is 1. The molecule has 5 heteroatoms. The second-order valence-electron chi connectivity index (χ2n) is 4.65. The molecule has 2 heterocycles. The fourth-order valence-electron chi connectivity index (χ4n) is 2.26. The van der Waals surface area contributed by atoms with Gasteiger partial charge in [0.15, 0.2) is 5.82 Å². The average Bonchev–Trinajstić information content (AvgIpc) is 2.75. The summed E-state index contributed by atoms with van der Waals surface area (Å²) in [6, 6.07) is 0. The van der Waals surface area contributed by atoms with Crippen molar-refractivity contribution in [3.05, 3.63) is 5.82 Å². The van der Waals surface area contributed by atoms with E-state index in [1.54, 1.807) is 4.68 Å². The van der Waals surface area contributed by atoms with Crippen molar-refractivity contribution in [2.45, 2.75) is 25.7 Å². The number of anilines is 1. The van der Waals surface area contributed by atoms with Gasteiger partial charge in [-0.25, -0.2) is 4.68 Å². The van der Waals surface area contributed by atoms with Gasteiger partial charge in [-0.15, -0.1) is 0 Å². The highest BCUT2D eigenvalue weighted by molar-refractivity contribution is 5.22. The summed E-state index contributed by atoms with van der Waals surface area (Å²) in [5.41, 5.74) is 5.80. The molecule has 0 aliphatic carbocycles. The Kier molecular flexibility index (Phi) is 2.42. The normalized spacial score (nSPS) is 26.4. The van der Waals surface area contributed by atoms with Crippen molar-refractivity contribution < 1.29 is 0 Å². The summed E-state index contributed by atoms with van der Waals surface area (Å²) >= 11 is 0. The minimum Gasteiger partial charge on any atom is -0.368 e. The molecular weight excluding hydrogens is 190 g/mol. The van der Waals surface area contributed by atoms with Gasteiger partial charge in [0.05, 0.1) is 0 Å². The van der Waals surface area contributed by atoms with Gasteiger partial charge in [-0.05, 0) is 18.9 Å². The highest BCUT2D eigenvalue weighted by Gasteiger charge is 2.42. The van der Waals surface area contributed by atoms with Crippen molar-refractivity contribution in [2.75, 3.05) is 18.8 Å². The Labute approximate surface area is 90.1 Å². The van der Waals surface area contributed by atoms with Crippen LogP contribution in [0.25, 0.3) is 0 Å². The fourth-order valence-corrected chi connectivity index (χ4v) is 2.26. The minimum atomic E-state index is 0.0649. The summed E-state index contributed by atoms with van der Waals surface area (Å²) in [5, 5.41) is 7.82. The predicted octanol–water partition coefficient (Wildman–Crippen LogP) is 0.284. The monoisotopic (exact) mass is 209 g/mol. The zero-order valence-electron chi connectivity index (χ0n) is 9.62. The molecular formula is C10H19N5. The number of aryl methyl sites for hydroxylation is 1. The number of nitrogen functional groups attached to an aromatic ring is 1. The minimum absolute atomic E-state index is 0.0649. The summed E-state index contributed by atoms with van der Waals surface area (Å²) in [5.74, 6) is 1.91. The van der Waals surface area contributed by atoms with Crippen LogP contribution >= 0.6 is 0 Å². The summed E-state index contributed by atoms with van der Waals surface area (Å²) in [7, 11) is 1.84. The van der Waals surface area contributed by atoms with E-state index in [4.69, 9.17) is 5.73 Å². The van der Waals surface area contributed by atoms with Crippen LogP contribution in [0.3, 0.4) is 0 Å². The van der Waals surface area contributed by atoms with E-state index in [1.165, 1.54) is 0 Å². The van der Waals surface area contributed by atoms with Crippen molar-refractivity contribution in [3.63, 3.8) is 0 Å². The third-order valence-electron chi connectivity index (χ3n) is 3.54. The maximum atomic E-state index is 5.74. The van der Waals surface area contributed by atoms with Gasteiger partial charge >= 0.3 is 0 Å². The quantitative estimate of drug-likeness (QED) is 0.734. The Bertz CT molecular complexity index is 329. The number of hydrogen-bond acceptors (Lipinski definition) is 4. The molecule has 1 aromatic rings. The van der Waals surface area contributed by atoms with Crippen molar-refractivity contribution in [2.24, 2.45) is 13.0 Å². The average molecular weight is 209 g/mol. The summed E-state index contributed by atoms with van der Waals surface area (Å²) in [6.07, 6.45) is 1.09. The van der Waals surface area contributed by atoms with Crippen LogP contribution in [0.15, 0.2) is 0 Å². The van der Waals surface area contributed by atoms with Gasteiger partial charge in [-0.3, -0.25) is 0 Å². The highest BCUT2D eigenvalue weighted by Crippen LogP contribution is 2.36. The number of hydrogen-bond donors (Lipinski definition) is 2. The zero-order valence-corrected chi connectivity index (χ0v) is 9.62. The Hall–Kier alpha value is -1.10. The summed E-state index contributed by atoms with van der Waals surface area (Å²) in [4.78, 5) is 4.38. The van der Waals surface area contributed by atoms with E-state index in [9.17, 15) is 0 Å². The maximum absolute atomic E-state index is 5.74. The van der Waals surface area contributed by atoms with Gasteiger partial charge < -0.3 is 11.1 Å². The molecule has 0 radical (unpaired) electrons. The molecule has 1 aliphatic rings. The number of nitrogens with two attached hydrogens (primary N) is 1. The van der Waals surface area contributed by atoms with E-state index < -0.39 is 0 Å². The van der Waals surface area contributed by atoms with Crippen molar-refractivity contribution in [1.82, 2.24) is 20.1 Å². The topological polar surface area (TPSA) is 68.8 Å². The molecule has 1 saturated heterocycles. The van der Waals surface area contributed by atoms with Crippen LogP contribution in [0.1, 0.15) is 26.1 Å². The zero-order chi connectivity index (χ0) is 11.1. The van der Waals surface area contributed by atoms with Crippen LogP contribution in [0.5, 0.6) is 0 Å². The third kappa shape index (κ3) is 1.51. The predicted molar refractivity (Wildman–Crippen MR) is 59.4 cm³/mol. The lowest BCUT2D eigenvalue weighted by molar-refractivity contribution is 0.317. The van der Waals surface area contributed by atoms with Crippen LogP contribution in [0.2, 0.25) is 0 Å². The molecule has 1 fully saturated rings. The van der Waals surface area contributed by atoms with Crippen molar-refractivity contribution >= 4 is 5.95 Å². The molecule has 84 valence electrons. The number of rotatable bonds is 2. The van der Waals surface area contributed by atoms with Crippen LogP contribution in [0, 0.1) is 5.92 Å². The molecule has 15 heavy (non-hydrogen) atoms. The van der Waals surface area contributed by atoms with Gasteiger partial charge in [-0.1, -0.05) is 13.8 Å². The molecule has 3 N–H and O–H groups in total. The van der Waals surface area contributed by atoms with E-state index in [-0.39, 0.29) is 5.41 Å².